The first kappa shape index (κ1) is 16.5. The van der Waals surface area contributed by atoms with E-state index in [1.165, 1.54) is 6.42 Å². The highest BCUT2D eigenvalue weighted by atomic mass is 32.2. The van der Waals surface area contributed by atoms with Crippen molar-refractivity contribution in [2.45, 2.75) is 57.4 Å². The fourth-order valence-corrected chi connectivity index (χ4v) is 4.66. The minimum absolute atomic E-state index is 0.0215. The first-order valence-electron chi connectivity index (χ1n) is 7.81. The van der Waals surface area contributed by atoms with Crippen molar-refractivity contribution in [2.75, 3.05) is 0 Å². The first-order valence-corrected chi connectivity index (χ1v) is 9.46. The average molecular weight is 310 g/mol. The Morgan fingerprint density at radius 2 is 1.95 bits per heavy atom. The molecule has 1 fully saturated rings. The number of nitrogens with two attached hydrogens (primary N) is 1. The van der Waals surface area contributed by atoms with Crippen LogP contribution in [0, 0.1) is 5.92 Å². The third-order valence-electron chi connectivity index (χ3n) is 4.39. The van der Waals surface area contributed by atoms with Crippen LogP contribution >= 0.6 is 0 Å². The molecule has 0 amide bonds. The van der Waals surface area contributed by atoms with Crippen LogP contribution in [0.25, 0.3) is 0 Å². The second kappa shape index (κ2) is 7.38. The van der Waals surface area contributed by atoms with Gasteiger partial charge in [0, 0.05) is 12.6 Å². The predicted octanol–water partition coefficient (Wildman–Crippen LogP) is 2.53. The Kier molecular flexibility index (Phi) is 5.79. The molecule has 5 heteroatoms. The summed E-state index contributed by atoms with van der Waals surface area (Å²) in [7, 11) is -3.30. The molecule has 21 heavy (non-hydrogen) atoms. The molecule has 1 aliphatic rings. The van der Waals surface area contributed by atoms with Crippen LogP contribution in [0.5, 0.6) is 0 Å². The van der Waals surface area contributed by atoms with Gasteiger partial charge in [0.15, 0.2) is 0 Å². The Labute approximate surface area is 128 Å². The van der Waals surface area contributed by atoms with E-state index in [1.54, 1.807) is 0 Å². The summed E-state index contributed by atoms with van der Waals surface area (Å²) in [5.41, 5.74) is 7.38. The number of nitrogens with one attached hydrogen (secondary N) is 1. The lowest BCUT2D eigenvalue weighted by Crippen LogP contribution is -2.39. The van der Waals surface area contributed by atoms with E-state index in [1.807, 2.05) is 24.3 Å². The van der Waals surface area contributed by atoms with E-state index in [9.17, 15) is 8.42 Å². The first-order chi connectivity index (χ1) is 10.0. The second-order valence-corrected chi connectivity index (χ2v) is 7.74. The Bertz CT molecular complexity index is 557. The summed E-state index contributed by atoms with van der Waals surface area (Å²) >= 11 is 0. The highest BCUT2D eigenvalue weighted by molar-refractivity contribution is 7.88. The molecule has 2 atom stereocenters. The number of hydrogen-bond acceptors (Lipinski definition) is 3. The predicted molar refractivity (Wildman–Crippen MR) is 86.1 cm³/mol. The van der Waals surface area contributed by atoms with Crippen molar-refractivity contribution >= 4 is 10.0 Å². The lowest BCUT2D eigenvalue weighted by Gasteiger charge is -2.29. The van der Waals surface area contributed by atoms with Crippen LogP contribution in [0.3, 0.4) is 0 Å². The summed E-state index contributed by atoms with van der Waals surface area (Å²) < 4.78 is 27.6. The summed E-state index contributed by atoms with van der Waals surface area (Å²) in [6.45, 7) is 2.55. The standard InChI is InChI=1S/C16H26N2O2S/c1-2-13-6-5-9-16(10-13)18-21(19,20)12-15-8-4-3-7-14(15)11-17/h3-4,7-8,13,16,18H,2,5-6,9-12,17H2,1H3. The molecule has 0 aliphatic heterocycles. The van der Waals surface area contributed by atoms with Crippen LogP contribution in [-0.2, 0) is 22.3 Å². The van der Waals surface area contributed by atoms with Crippen molar-refractivity contribution in [2.24, 2.45) is 11.7 Å². The minimum Gasteiger partial charge on any atom is -0.326 e. The van der Waals surface area contributed by atoms with E-state index in [0.717, 1.165) is 36.8 Å². The van der Waals surface area contributed by atoms with Gasteiger partial charge in [-0.3, -0.25) is 0 Å². The van der Waals surface area contributed by atoms with Crippen molar-refractivity contribution in [1.82, 2.24) is 4.72 Å². The molecule has 1 saturated carbocycles. The monoisotopic (exact) mass is 310 g/mol. The molecule has 3 N–H and O–H groups in total. The van der Waals surface area contributed by atoms with E-state index in [-0.39, 0.29) is 11.8 Å². The molecule has 0 radical (unpaired) electrons. The molecule has 1 aliphatic carbocycles. The zero-order valence-corrected chi connectivity index (χ0v) is 13.5. The highest BCUT2D eigenvalue weighted by Crippen LogP contribution is 2.27. The molecule has 1 aromatic rings. The summed E-state index contributed by atoms with van der Waals surface area (Å²) in [4.78, 5) is 0. The van der Waals surface area contributed by atoms with Gasteiger partial charge in [0.05, 0.1) is 5.75 Å². The maximum atomic E-state index is 12.4. The Morgan fingerprint density at radius 3 is 2.62 bits per heavy atom. The van der Waals surface area contributed by atoms with Gasteiger partial charge in [-0.1, -0.05) is 50.5 Å². The SMILES string of the molecule is CCC1CCCC(NS(=O)(=O)Cc2ccccc2CN)C1. The lowest BCUT2D eigenvalue weighted by molar-refractivity contribution is 0.301. The Morgan fingerprint density at radius 1 is 1.24 bits per heavy atom. The molecule has 1 aromatic carbocycles. The van der Waals surface area contributed by atoms with Gasteiger partial charge >= 0.3 is 0 Å². The average Bonchev–Trinajstić information content (AvgIpc) is 2.47. The van der Waals surface area contributed by atoms with Crippen molar-refractivity contribution < 1.29 is 8.42 Å². The zero-order valence-electron chi connectivity index (χ0n) is 12.7. The number of sulfonamides is 1. The van der Waals surface area contributed by atoms with Crippen molar-refractivity contribution in [1.29, 1.82) is 0 Å². The third-order valence-corrected chi connectivity index (χ3v) is 5.77. The summed E-state index contributed by atoms with van der Waals surface area (Å²) in [6, 6.07) is 7.57. The van der Waals surface area contributed by atoms with Crippen molar-refractivity contribution in [3.63, 3.8) is 0 Å². The molecular weight excluding hydrogens is 284 g/mol. The summed E-state index contributed by atoms with van der Waals surface area (Å²) in [5.74, 6) is 0.677. The number of hydrogen-bond donors (Lipinski definition) is 2. The molecule has 0 heterocycles. The molecule has 0 aromatic heterocycles. The summed E-state index contributed by atoms with van der Waals surface area (Å²) in [6.07, 6.45) is 5.40. The normalized spacial score (nSPS) is 23.1. The molecule has 0 spiro atoms. The fourth-order valence-electron chi connectivity index (χ4n) is 3.17. The van der Waals surface area contributed by atoms with Gasteiger partial charge in [-0.05, 0) is 29.9 Å². The lowest BCUT2D eigenvalue weighted by atomic mass is 9.85. The highest BCUT2D eigenvalue weighted by Gasteiger charge is 2.25. The van der Waals surface area contributed by atoms with E-state index in [0.29, 0.717) is 12.5 Å². The maximum absolute atomic E-state index is 12.4. The van der Waals surface area contributed by atoms with Crippen LogP contribution in [0.4, 0.5) is 0 Å². The van der Waals surface area contributed by atoms with Gasteiger partial charge in [-0.2, -0.15) is 0 Å². The zero-order chi connectivity index (χ0) is 15.3. The van der Waals surface area contributed by atoms with Gasteiger partial charge in [0.25, 0.3) is 0 Å². The van der Waals surface area contributed by atoms with E-state index in [4.69, 9.17) is 5.73 Å². The van der Waals surface area contributed by atoms with Crippen LogP contribution in [0.2, 0.25) is 0 Å². The van der Waals surface area contributed by atoms with Crippen LogP contribution in [0.1, 0.15) is 50.2 Å². The van der Waals surface area contributed by atoms with Gasteiger partial charge in [0.1, 0.15) is 0 Å². The van der Waals surface area contributed by atoms with E-state index >= 15 is 0 Å². The number of benzene rings is 1. The van der Waals surface area contributed by atoms with Crippen LogP contribution in [0.15, 0.2) is 24.3 Å². The molecule has 4 nitrogen and oxygen atoms in total. The van der Waals surface area contributed by atoms with Crippen molar-refractivity contribution in [3.05, 3.63) is 35.4 Å². The second-order valence-electron chi connectivity index (χ2n) is 5.99. The van der Waals surface area contributed by atoms with Gasteiger partial charge < -0.3 is 5.73 Å². The van der Waals surface area contributed by atoms with E-state index in [2.05, 4.69) is 11.6 Å². The third kappa shape index (κ3) is 4.80. The molecule has 2 rings (SSSR count). The van der Waals surface area contributed by atoms with Gasteiger partial charge in [-0.15, -0.1) is 0 Å². The van der Waals surface area contributed by atoms with E-state index < -0.39 is 10.0 Å². The Hall–Kier alpha value is -0.910. The molecule has 0 saturated heterocycles. The van der Waals surface area contributed by atoms with Crippen LogP contribution < -0.4 is 10.5 Å². The maximum Gasteiger partial charge on any atom is 0.216 e. The molecule has 2 unspecified atom stereocenters. The van der Waals surface area contributed by atoms with Gasteiger partial charge in [-0.25, -0.2) is 13.1 Å². The quantitative estimate of drug-likeness (QED) is 0.848. The minimum atomic E-state index is -3.30. The van der Waals surface area contributed by atoms with Crippen LogP contribution in [-0.4, -0.2) is 14.5 Å². The Balaban J connectivity index is 2.01. The molecular formula is C16H26N2O2S. The fraction of sp³-hybridized carbons (Fsp3) is 0.625. The summed E-state index contributed by atoms with van der Waals surface area (Å²) in [5, 5.41) is 0. The van der Waals surface area contributed by atoms with Crippen molar-refractivity contribution in [3.8, 4) is 0 Å². The van der Waals surface area contributed by atoms with Gasteiger partial charge in [0.2, 0.25) is 10.0 Å². The smallest absolute Gasteiger partial charge is 0.216 e. The number of rotatable bonds is 6. The largest absolute Gasteiger partial charge is 0.326 e. The molecule has 118 valence electrons. The molecule has 0 bridgehead atoms. The topological polar surface area (TPSA) is 72.2 Å².